The molecule has 0 aromatic heterocycles. The van der Waals surface area contributed by atoms with E-state index >= 15 is 0 Å². The zero-order valence-electron chi connectivity index (χ0n) is 13.1. The zero-order chi connectivity index (χ0) is 15.4. The van der Waals surface area contributed by atoms with Crippen molar-refractivity contribution in [3.8, 4) is 0 Å². The van der Waals surface area contributed by atoms with Gasteiger partial charge in [0.2, 0.25) is 0 Å². The first-order chi connectivity index (χ1) is 10.7. The van der Waals surface area contributed by atoms with Gasteiger partial charge in [0.05, 0.1) is 0 Å². The van der Waals surface area contributed by atoms with Crippen molar-refractivity contribution in [3.05, 3.63) is 35.9 Å². The fourth-order valence-corrected chi connectivity index (χ4v) is 3.46. The predicted molar refractivity (Wildman–Crippen MR) is 86.2 cm³/mol. The summed E-state index contributed by atoms with van der Waals surface area (Å²) in [5.41, 5.74) is 7.31. The standard InChI is InChI=1S/C18H26N2O2/c19-17-12-20(10-9-16(17)11-14-7-4-8-14)18(21)22-13-15-5-2-1-3-6-15/h1-3,5-6,14,16-17H,4,7-13,19H2. The number of carbonyl (C=O) groups excluding carboxylic acids is 1. The van der Waals surface area contributed by atoms with E-state index < -0.39 is 0 Å². The highest BCUT2D eigenvalue weighted by Gasteiger charge is 2.32. The first-order valence-corrected chi connectivity index (χ1v) is 8.43. The molecule has 1 saturated carbocycles. The van der Waals surface area contributed by atoms with Crippen molar-refractivity contribution in [2.24, 2.45) is 17.6 Å². The van der Waals surface area contributed by atoms with Gasteiger partial charge in [-0.2, -0.15) is 0 Å². The molecule has 3 rings (SSSR count). The molecule has 2 N–H and O–H groups in total. The summed E-state index contributed by atoms with van der Waals surface area (Å²) in [7, 11) is 0. The van der Waals surface area contributed by atoms with E-state index in [1.165, 1.54) is 25.7 Å². The van der Waals surface area contributed by atoms with Crippen molar-refractivity contribution < 1.29 is 9.53 Å². The van der Waals surface area contributed by atoms with E-state index in [-0.39, 0.29) is 12.1 Å². The quantitative estimate of drug-likeness (QED) is 0.929. The van der Waals surface area contributed by atoms with Crippen LogP contribution in [-0.2, 0) is 11.3 Å². The second kappa shape index (κ2) is 7.14. The summed E-state index contributed by atoms with van der Waals surface area (Å²) in [5, 5.41) is 0. The Morgan fingerprint density at radius 3 is 2.64 bits per heavy atom. The third-order valence-electron chi connectivity index (χ3n) is 5.13. The largest absolute Gasteiger partial charge is 0.445 e. The van der Waals surface area contributed by atoms with Gasteiger partial charge in [0.1, 0.15) is 6.61 Å². The van der Waals surface area contributed by atoms with Gasteiger partial charge in [-0.15, -0.1) is 0 Å². The molecule has 22 heavy (non-hydrogen) atoms. The highest BCUT2D eigenvalue weighted by atomic mass is 16.6. The maximum absolute atomic E-state index is 12.2. The minimum Gasteiger partial charge on any atom is -0.445 e. The van der Waals surface area contributed by atoms with Crippen LogP contribution in [0.15, 0.2) is 30.3 Å². The van der Waals surface area contributed by atoms with Crippen molar-refractivity contribution in [3.63, 3.8) is 0 Å². The smallest absolute Gasteiger partial charge is 0.410 e. The molecular weight excluding hydrogens is 276 g/mol. The van der Waals surface area contributed by atoms with Crippen molar-refractivity contribution >= 4 is 6.09 Å². The Balaban J connectivity index is 1.44. The molecule has 1 amide bonds. The van der Waals surface area contributed by atoms with Gasteiger partial charge in [-0.3, -0.25) is 0 Å². The van der Waals surface area contributed by atoms with Crippen molar-refractivity contribution in [2.45, 2.75) is 44.8 Å². The monoisotopic (exact) mass is 302 g/mol. The van der Waals surface area contributed by atoms with Crippen molar-refractivity contribution in [1.29, 1.82) is 0 Å². The summed E-state index contributed by atoms with van der Waals surface area (Å²) in [5.74, 6) is 1.45. The van der Waals surface area contributed by atoms with Crippen molar-refractivity contribution in [1.82, 2.24) is 4.90 Å². The number of hydrogen-bond acceptors (Lipinski definition) is 3. The molecule has 1 heterocycles. The minimum atomic E-state index is -0.235. The van der Waals surface area contributed by atoms with Gasteiger partial charge >= 0.3 is 6.09 Å². The molecule has 1 aliphatic heterocycles. The molecule has 120 valence electrons. The van der Waals surface area contributed by atoms with Crippen LogP contribution in [0.25, 0.3) is 0 Å². The first kappa shape index (κ1) is 15.3. The van der Waals surface area contributed by atoms with E-state index in [1.807, 2.05) is 30.3 Å². The number of likely N-dealkylation sites (tertiary alicyclic amines) is 1. The Bertz CT molecular complexity index is 487. The van der Waals surface area contributed by atoms with Crippen LogP contribution < -0.4 is 5.73 Å². The van der Waals surface area contributed by atoms with Gasteiger partial charge in [0.15, 0.2) is 0 Å². The molecule has 2 fully saturated rings. The number of nitrogens with zero attached hydrogens (tertiary/aromatic N) is 1. The van der Waals surface area contributed by atoms with Gasteiger partial charge in [-0.1, -0.05) is 49.6 Å². The second-order valence-electron chi connectivity index (χ2n) is 6.73. The summed E-state index contributed by atoms with van der Waals surface area (Å²) in [6, 6.07) is 9.87. The van der Waals surface area contributed by atoms with Gasteiger partial charge in [-0.05, 0) is 30.2 Å². The number of benzene rings is 1. The zero-order valence-corrected chi connectivity index (χ0v) is 13.1. The lowest BCUT2D eigenvalue weighted by molar-refractivity contribution is 0.0709. The van der Waals surface area contributed by atoms with Gasteiger partial charge in [0, 0.05) is 19.1 Å². The summed E-state index contributed by atoms with van der Waals surface area (Å²) >= 11 is 0. The van der Waals surface area contributed by atoms with Crippen molar-refractivity contribution in [2.75, 3.05) is 13.1 Å². The topological polar surface area (TPSA) is 55.6 Å². The molecule has 0 spiro atoms. The third kappa shape index (κ3) is 3.80. The van der Waals surface area contributed by atoms with Crippen LogP contribution in [-0.4, -0.2) is 30.1 Å². The number of rotatable bonds is 4. The average Bonchev–Trinajstić information content (AvgIpc) is 2.50. The number of ether oxygens (including phenoxy) is 1. The average molecular weight is 302 g/mol. The van der Waals surface area contributed by atoms with Crippen LogP contribution in [0.5, 0.6) is 0 Å². The molecule has 0 radical (unpaired) electrons. The van der Waals surface area contributed by atoms with Gasteiger partial charge < -0.3 is 15.4 Å². The number of nitrogens with two attached hydrogens (primary N) is 1. The van der Waals surface area contributed by atoms with Crippen LogP contribution in [0.3, 0.4) is 0 Å². The summed E-state index contributed by atoms with van der Waals surface area (Å²) in [6.45, 7) is 1.74. The molecule has 2 unspecified atom stereocenters. The summed E-state index contributed by atoms with van der Waals surface area (Å²) < 4.78 is 5.40. The number of carbonyl (C=O) groups is 1. The Labute approximate surface area is 132 Å². The number of amides is 1. The molecule has 4 heteroatoms. The van der Waals surface area contributed by atoms with Crippen LogP contribution in [0.4, 0.5) is 4.79 Å². The summed E-state index contributed by atoms with van der Waals surface area (Å²) in [6.07, 6.45) is 6.14. The molecule has 1 saturated heterocycles. The molecule has 1 aromatic carbocycles. The van der Waals surface area contributed by atoms with E-state index in [9.17, 15) is 4.79 Å². The Morgan fingerprint density at radius 2 is 2.00 bits per heavy atom. The van der Waals surface area contributed by atoms with Gasteiger partial charge in [-0.25, -0.2) is 4.79 Å². The highest BCUT2D eigenvalue weighted by Crippen LogP contribution is 2.35. The van der Waals surface area contributed by atoms with Crippen LogP contribution in [0.1, 0.15) is 37.7 Å². The lowest BCUT2D eigenvalue weighted by Crippen LogP contribution is -2.51. The Kier molecular flexibility index (Phi) is 4.98. The molecular formula is C18H26N2O2. The minimum absolute atomic E-state index is 0.0959. The molecule has 0 bridgehead atoms. The molecule has 2 aliphatic rings. The maximum atomic E-state index is 12.2. The van der Waals surface area contributed by atoms with E-state index in [1.54, 1.807) is 4.90 Å². The molecule has 4 nitrogen and oxygen atoms in total. The Hall–Kier alpha value is -1.55. The van der Waals surface area contributed by atoms with Crippen LogP contribution >= 0.6 is 0 Å². The van der Waals surface area contributed by atoms with E-state index in [0.717, 1.165) is 24.4 Å². The SMILES string of the molecule is NC1CN(C(=O)OCc2ccccc2)CCC1CC1CCC1. The fourth-order valence-electron chi connectivity index (χ4n) is 3.46. The second-order valence-corrected chi connectivity index (χ2v) is 6.73. The van der Waals surface area contributed by atoms with E-state index in [0.29, 0.717) is 19.1 Å². The third-order valence-corrected chi connectivity index (χ3v) is 5.13. The summed E-state index contributed by atoms with van der Waals surface area (Å²) in [4.78, 5) is 13.9. The fraction of sp³-hybridized carbons (Fsp3) is 0.611. The number of piperidine rings is 1. The molecule has 1 aromatic rings. The van der Waals surface area contributed by atoms with E-state index in [4.69, 9.17) is 10.5 Å². The van der Waals surface area contributed by atoms with Gasteiger partial charge in [0.25, 0.3) is 0 Å². The lowest BCUT2D eigenvalue weighted by Gasteiger charge is -2.39. The maximum Gasteiger partial charge on any atom is 0.410 e. The number of hydrogen-bond donors (Lipinski definition) is 1. The normalized spacial score (nSPS) is 25.6. The first-order valence-electron chi connectivity index (χ1n) is 8.43. The van der Waals surface area contributed by atoms with Crippen LogP contribution in [0, 0.1) is 11.8 Å². The highest BCUT2D eigenvalue weighted by molar-refractivity contribution is 5.67. The Morgan fingerprint density at radius 1 is 1.23 bits per heavy atom. The molecule has 1 aliphatic carbocycles. The molecule has 2 atom stereocenters. The predicted octanol–water partition coefficient (Wildman–Crippen LogP) is 3.16. The van der Waals surface area contributed by atoms with Crippen LogP contribution in [0.2, 0.25) is 0 Å². The van der Waals surface area contributed by atoms with E-state index in [2.05, 4.69) is 0 Å². The lowest BCUT2D eigenvalue weighted by atomic mass is 9.75.